The Morgan fingerprint density at radius 2 is 2.05 bits per heavy atom. The molecule has 3 aromatic rings. The summed E-state index contributed by atoms with van der Waals surface area (Å²) in [5.74, 6) is 0. The molecule has 2 heterocycles. The van der Waals surface area contributed by atoms with Gasteiger partial charge in [0.1, 0.15) is 15.9 Å². The minimum Gasteiger partial charge on any atom is -0.274 e. The summed E-state index contributed by atoms with van der Waals surface area (Å²) in [5.41, 5.74) is 2.47. The highest BCUT2D eigenvalue weighted by atomic mass is 32.2. The molecule has 0 unspecified atom stereocenters. The maximum atomic E-state index is 12.4. The fraction of sp³-hybridized carbons (Fsp3) is 0.250. The average Bonchev–Trinajstić information content (AvgIpc) is 3.06. The van der Waals surface area contributed by atoms with Gasteiger partial charge in [-0.1, -0.05) is 6.07 Å². The second-order valence-corrected chi connectivity index (χ2v) is 7.27. The number of nitrogens with zero attached hydrogens (tertiary/aromatic N) is 5. The van der Waals surface area contributed by atoms with Crippen molar-refractivity contribution >= 4 is 32.8 Å². The SMILES string of the molecule is CN(Cc1ccc2nsnc2c1)S(=O)(=O)c1cnn(C)c1. The van der Waals surface area contributed by atoms with Crippen molar-refractivity contribution in [2.75, 3.05) is 7.05 Å². The number of hydrogen-bond acceptors (Lipinski definition) is 6. The van der Waals surface area contributed by atoms with E-state index in [0.717, 1.165) is 28.3 Å². The first-order valence-corrected chi connectivity index (χ1v) is 8.30. The van der Waals surface area contributed by atoms with E-state index in [9.17, 15) is 8.42 Å². The smallest absolute Gasteiger partial charge is 0.246 e. The molecule has 0 N–H and O–H groups in total. The van der Waals surface area contributed by atoms with Crippen LogP contribution in [0, 0.1) is 0 Å². The Morgan fingerprint density at radius 1 is 1.29 bits per heavy atom. The third-order valence-electron chi connectivity index (χ3n) is 3.11. The summed E-state index contributed by atoms with van der Waals surface area (Å²) < 4.78 is 35.9. The Hall–Kier alpha value is -1.84. The van der Waals surface area contributed by atoms with E-state index in [0.29, 0.717) is 0 Å². The van der Waals surface area contributed by atoms with E-state index < -0.39 is 10.0 Å². The van der Waals surface area contributed by atoms with Crippen molar-refractivity contribution in [2.24, 2.45) is 7.05 Å². The van der Waals surface area contributed by atoms with E-state index >= 15 is 0 Å². The molecular formula is C12H13N5O2S2. The van der Waals surface area contributed by atoms with Crippen LogP contribution in [0.4, 0.5) is 0 Å². The summed E-state index contributed by atoms with van der Waals surface area (Å²) >= 11 is 1.14. The molecular weight excluding hydrogens is 310 g/mol. The molecule has 0 bridgehead atoms. The Morgan fingerprint density at radius 3 is 2.76 bits per heavy atom. The second kappa shape index (κ2) is 5.17. The van der Waals surface area contributed by atoms with Crippen LogP contribution >= 0.6 is 11.7 Å². The topological polar surface area (TPSA) is 81.0 Å². The van der Waals surface area contributed by atoms with Crippen molar-refractivity contribution in [3.63, 3.8) is 0 Å². The summed E-state index contributed by atoms with van der Waals surface area (Å²) in [6.07, 6.45) is 2.83. The fourth-order valence-electron chi connectivity index (χ4n) is 1.98. The zero-order valence-electron chi connectivity index (χ0n) is 11.5. The summed E-state index contributed by atoms with van der Waals surface area (Å²) in [6.45, 7) is 0.269. The van der Waals surface area contributed by atoms with Crippen molar-refractivity contribution in [1.29, 1.82) is 0 Å². The molecule has 0 amide bonds. The van der Waals surface area contributed by atoms with Gasteiger partial charge in [0.25, 0.3) is 0 Å². The Kier molecular flexibility index (Phi) is 3.47. The van der Waals surface area contributed by atoms with Crippen LogP contribution < -0.4 is 0 Å². The molecule has 0 aliphatic heterocycles. The highest BCUT2D eigenvalue weighted by Gasteiger charge is 2.22. The summed E-state index contributed by atoms with van der Waals surface area (Å²) in [5, 5.41) is 3.90. The van der Waals surface area contributed by atoms with Gasteiger partial charge in [-0.05, 0) is 17.7 Å². The molecule has 2 aromatic heterocycles. The van der Waals surface area contributed by atoms with Gasteiger partial charge in [0.2, 0.25) is 10.0 Å². The number of rotatable bonds is 4. The Balaban J connectivity index is 1.86. The molecule has 0 aliphatic carbocycles. The summed E-state index contributed by atoms with van der Waals surface area (Å²) in [6, 6.07) is 5.56. The standard InChI is InChI=1S/C12H13N5O2S2/c1-16-8-10(6-13-16)21(18,19)17(2)7-9-3-4-11-12(5-9)15-20-14-11/h3-6,8H,7H2,1-2H3. The van der Waals surface area contributed by atoms with Crippen LogP contribution in [0.5, 0.6) is 0 Å². The largest absolute Gasteiger partial charge is 0.274 e. The molecule has 3 rings (SSSR count). The van der Waals surface area contributed by atoms with Gasteiger partial charge in [0.15, 0.2) is 0 Å². The number of aryl methyl sites for hydroxylation is 1. The first-order chi connectivity index (χ1) is 9.96. The van der Waals surface area contributed by atoms with E-state index in [1.54, 1.807) is 14.1 Å². The zero-order chi connectivity index (χ0) is 15.0. The lowest BCUT2D eigenvalue weighted by Gasteiger charge is -2.15. The minimum atomic E-state index is -3.54. The molecule has 0 saturated heterocycles. The van der Waals surface area contributed by atoms with Crippen LogP contribution in [0.25, 0.3) is 11.0 Å². The second-order valence-electron chi connectivity index (χ2n) is 4.70. The lowest BCUT2D eigenvalue weighted by molar-refractivity contribution is 0.467. The number of benzene rings is 1. The molecule has 9 heteroatoms. The molecule has 0 saturated carbocycles. The molecule has 110 valence electrons. The molecule has 21 heavy (non-hydrogen) atoms. The van der Waals surface area contributed by atoms with Crippen molar-refractivity contribution < 1.29 is 8.42 Å². The van der Waals surface area contributed by atoms with Crippen molar-refractivity contribution in [2.45, 2.75) is 11.4 Å². The number of fused-ring (bicyclic) bond motifs is 1. The van der Waals surface area contributed by atoms with E-state index in [2.05, 4.69) is 13.8 Å². The molecule has 7 nitrogen and oxygen atoms in total. The highest BCUT2D eigenvalue weighted by molar-refractivity contribution is 7.89. The summed E-state index contributed by atoms with van der Waals surface area (Å²) in [4.78, 5) is 0.184. The highest BCUT2D eigenvalue weighted by Crippen LogP contribution is 2.18. The van der Waals surface area contributed by atoms with Gasteiger partial charge in [-0.3, -0.25) is 4.68 Å². The van der Waals surface area contributed by atoms with Crippen LogP contribution in [0.1, 0.15) is 5.56 Å². The van der Waals surface area contributed by atoms with Gasteiger partial charge in [0.05, 0.1) is 17.9 Å². The van der Waals surface area contributed by atoms with Gasteiger partial charge >= 0.3 is 0 Å². The summed E-state index contributed by atoms with van der Waals surface area (Å²) in [7, 11) is -0.310. The van der Waals surface area contributed by atoms with Crippen LogP contribution in [0.3, 0.4) is 0 Å². The van der Waals surface area contributed by atoms with Crippen LogP contribution in [-0.4, -0.2) is 38.3 Å². The molecule has 0 spiro atoms. The van der Waals surface area contributed by atoms with E-state index in [4.69, 9.17) is 0 Å². The Labute approximate surface area is 126 Å². The molecule has 0 atom stereocenters. The number of hydrogen-bond donors (Lipinski definition) is 0. The predicted molar refractivity (Wildman–Crippen MR) is 79.3 cm³/mol. The predicted octanol–water partition coefficient (Wildman–Crippen LogP) is 1.25. The zero-order valence-corrected chi connectivity index (χ0v) is 13.1. The van der Waals surface area contributed by atoms with Crippen LogP contribution in [-0.2, 0) is 23.6 Å². The maximum Gasteiger partial charge on any atom is 0.246 e. The van der Waals surface area contributed by atoms with Crippen molar-refractivity contribution in [1.82, 2.24) is 22.8 Å². The van der Waals surface area contributed by atoms with Crippen LogP contribution in [0.15, 0.2) is 35.5 Å². The van der Waals surface area contributed by atoms with Gasteiger partial charge in [0, 0.05) is 26.8 Å². The third-order valence-corrected chi connectivity index (χ3v) is 5.43. The maximum absolute atomic E-state index is 12.4. The minimum absolute atomic E-state index is 0.184. The lowest BCUT2D eigenvalue weighted by atomic mass is 10.2. The molecule has 0 fully saturated rings. The van der Waals surface area contributed by atoms with Gasteiger partial charge in [-0.2, -0.15) is 18.2 Å². The van der Waals surface area contributed by atoms with Crippen molar-refractivity contribution in [3.8, 4) is 0 Å². The van der Waals surface area contributed by atoms with E-state index in [1.165, 1.54) is 21.4 Å². The van der Waals surface area contributed by atoms with Gasteiger partial charge in [-0.15, -0.1) is 0 Å². The molecule has 0 radical (unpaired) electrons. The van der Waals surface area contributed by atoms with Crippen molar-refractivity contribution in [3.05, 3.63) is 36.2 Å². The average molecular weight is 323 g/mol. The third kappa shape index (κ3) is 2.67. The van der Waals surface area contributed by atoms with Gasteiger partial charge in [-0.25, -0.2) is 8.42 Å². The monoisotopic (exact) mass is 323 g/mol. The first kappa shape index (κ1) is 14.1. The van der Waals surface area contributed by atoms with E-state index in [1.807, 2.05) is 18.2 Å². The fourth-order valence-corrected chi connectivity index (χ4v) is 3.64. The number of sulfonamides is 1. The Bertz CT molecular complexity index is 884. The first-order valence-electron chi connectivity index (χ1n) is 6.13. The van der Waals surface area contributed by atoms with Crippen LogP contribution in [0.2, 0.25) is 0 Å². The lowest BCUT2D eigenvalue weighted by Crippen LogP contribution is -2.26. The normalized spacial score (nSPS) is 12.3. The molecule has 0 aliphatic rings. The molecule has 1 aromatic carbocycles. The van der Waals surface area contributed by atoms with Gasteiger partial charge < -0.3 is 0 Å². The quantitative estimate of drug-likeness (QED) is 0.722. The van der Waals surface area contributed by atoms with E-state index in [-0.39, 0.29) is 11.4 Å². The number of aromatic nitrogens is 4.